The van der Waals surface area contributed by atoms with Crippen LogP contribution in [0.25, 0.3) is 44.5 Å². The minimum absolute atomic E-state index is 0.171. The monoisotopic (exact) mass is 1640 g/mol. The molecule has 0 spiro atoms. The molecule has 0 aromatic heterocycles. The highest BCUT2D eigenvalue weighted by Gasteiger charge is 2.27. The van der Waals surface area contributed by atoms with Crippen LogP contribution in [-0.2, 0) is 75.8 Å². The van der Waals surface area contributed by atoms with Crippen molar-refractivity contribution in [2.45, 2.75) is 367 Å². The molecule has 0 saturated heterocycles. The molecular weight excluding hydrogens is 1470 g/mol. The molecule has 122 heavy (non-hydrogen) atoms. The first kappa shape index (κ1) is 104. The molecule has 0 amide bonds. The van der Waals surface area contributed by atoms with E-state index in [1.54, 1.807) is 0 Å². The van der Waals surface area contributed by atoms with Crippen molar-refractivity contribution in [2.24, 2.45) is 0 Å². The van der Waals surface area contributed by atoms with Crippen LogP contribution in [-0.4, -0.2) is 0 Å². The summed E-state index contributed by atoms with van der Waals surface area (Å²) in [5.41, 5.74) is 33.2. The molecule has 0 aliphatic carbocycles. The summed E-state index contributed by atoms with van der Waals surface area (Å²) in [5.74, 6) is 0. The van der Waals surface area contributed by atoms with Gasteiger partial charge in [-0.15, -0.1) is 0 Å². The zero-order chi connectivity index (χ0) is 92.8. The predicted molar refractivity (Wildman–Crippen MR) is 549 cm³/mol. The third-order valence-electron chi connectivity index (χ3n) is 23.0. The van der Waals surface area contributed by atoms with Gasteiger partial charge in [0.2, 0.25) is 0 Å². The van der Waals surface area contributed by atoms with E-state index < -0.39 is 0 Å². The topological polar surface area (TPSA) is 0 Å². The van der Waals surface area contributed by atoms with Crippen molar-refractivity contribution >= 4 is 0 Å². The molecule has 0 aliphatic rings. The van der Waals surface area contributed by atoms with Crippen molar-refractivity contribution in [3.63, 3.8) is 0 Å². The molecule has 0 radical (unpaired) electrons. The van der Waals surface area contributed by atoms with Gasteiger partial charge < -0.3 is 0 Å². The fourth-order valence-electron chi connectivity index (χ4n) is 14.0. The van der Waals surface area contributed by atoms with Crippen LogP contribution in [0.3, 0.4) is 0 Å². The van der Waals surface area contributed by atoms with Crippen molar-refractivity contribution in [3.05, 3.63) is 345 Å². The second-order valence-electron chi connectivity index (χ2n) is 48.8. The van der Waals surface area contributed by atoms with Crippen molar-refractivity contribution in [1.82, 2.24) is 0 Å². The van der Waals surface area contributed by atoms with E-state index >= 15 is 0 Å². The highest BCUT2D eigenvalue weighted by molar-refractivity contribution is 5.69. The first-order chi connectivity index (χ1) is 55.4. The average Bonchev–Trinajstić information content (AvgIpc) is 0.804. The van der Waals surface area contributed by atoms with Crippen LogP contribution < -0.4 is 0 Å². The Hall–Kier alpha value is -8.58. The minimum Gasteiger partial charge on any atom is -0.0622 e. The smallest absolute Gasteiger partial charge is 0.0129 e. The first-order valence-corrected chi connectivity index (χ1v) is 45.5. The first-order valence-electron chi connectivity index (χ1n) is 45.5. The van der Waals surface area contributed by atoms with Gasteiger partial charge in [0.15, 0.2) is 0 Å². The lowest BCUT2D eigenvalue weighted by molar-refractivity contribution is 0.530. The SMILES string of the molecule is CC(C)(C)c1cc(-c2ccccc2)cc(C(C)(C)C)c1.CC(C)(C)c1ccc(-c2ccc(C(C)(C)C)cc2)cc1.CC(C)(C)c1ccc(-c2cccc(C(C)(C)C)c2)cc1.CC(C)(C)c1ccc(C(C)(C)C)cc1.CC(C)(C)c1cccc(-c2cccc(C(C)(C)C)c2)c1.CC(C)(C)c1cccc(C(C)(C)C)c1.CC(C)(C)c1ccccc1C(C)(C)C. The molecule has 0 nitrogen and oxygen atoms in total. The molecule has 0 heterocycles. The summed E-state index contributed by atoms with van der Waals surface area (Å²) in [6, 6.07) is 98.0. The fraction of sp³-hybridized carbons (Fsp3) is 0.459. The standard InChI is InChI=1S/4C20H26.3C14H22/c1-19(2,3)17-11-7-15(8-12-17)16-9-13-18(14-10-16)20(4,5)6;1-19(2,3)17-11-7-9-15(13-17)16-10-8-12-18(14-16)20(4,5)6;1-19(2,3)17-12-10-15(11-13-17)16-8-7-9-18(14-16)20(4,5)6;1-19(2,3)17-12-16(15-10-8-7-9-11-15)13-18(14-17)20(4,5)6;1-13(2,3)11-7-9-12(10-8-11)14(4,5)6;1-13(2,3)11-8-7-9-12(10-11)14(4,5)6;1-13(2,3)11-9-7-8-10-12(11)14(4,5)6/h4*7-14H,1-6H3;3*7-10H,1-6H3. The molecule has 0 atom stereocenters. The third kappa shape index (κ3) is 33.2. The highest BCUT2D eigenvalue weighted by Crippen LogP contribution is 2.39. The summed E-state index contributed by atoms with van der Waals surface area (Å²) in [6.45, 7) is 95.0. The van der Waals surface area contributed by atoms with Crippen LogP contribution in [0.5, 0.6) is 0 Å². The zero-order valence-electron chi connectivity index (χ0n) is 85.4. The second kappa shape index (κ2) is 40.6. The number of hydrogen-bond acceptors (Lipinski definition) is 0. The van der Waals surface area contributed by atoms with Gasteiger partial charge in [0, 0.05) is 0 Å². The van der Waals surface area contributed by atoms with E-state index in [0.29, 0.717) is 0 Å². The van der Waals surface area contributed by atoms with Gasteiger partial charge >= 0.3 is 0 Å². The summed E-state index contributed by atoms with van der Waals surface area (Å²) in [4.78, 5) is 0. The van der Waals surface area contributed by atoms with Crippen LogP contribution in [0.15, 0.2) is 267 Å². The third-order valence-corrected chi connectivity index (χ3v) is 23.0. The van der Waals surface area contributed by atoms with Gasteiger partial charge in [0.25, 0.3) is 0 Å². The molecule has 0 fully saturated rings. The van der Waals surface area contributed by atoms with Crippen molar-refractivity contribution < 1.29 is 0 Å². The van der Waals surface area contributed by atoms with E-state index in [4.69, 9.17) is 0 Å². The van der Waals surface area contributed by atoms with Gasteiger partial charge in [-0.3, -0.25) is 0 Å². The van der Waals surface area contributed by atoms with Crippen LogP contribution in [0.1, 0.15) is 369 Å². The Balaban J connectivity index is 0.000000255. The molecule has 0 unspecified atom stereocenters. The maximum Gasteiger partial charge on any atom is -0.0129 e. The summed E-state index contributed by atoms with van der Waals surface area (Å²) in [5, 5.41) is 0. The Morgan fingerprint density at radius 3 is 0.475 bits per heavy atom. The Kier molecular flexibility index (Phi) is 34.6. The maximum absolute atomic E-state index is 2.37. The van der Waals surface area contributed by atoms with Gasteiger partial charge in [-0.05, 0) is 198 Å². The minimum atomic E-state index is 0.171. The van der Waals surface area contributed by atoms with E-state index in [-0.39, 0.29) is 75.8 Å². The molecule has 0 heteroatoms. The Bertz CT molecular complexity index is 4760. The molecule has 0 saturated carbocycles. The van der Waals surface area contributed by atoms with Gasteiger partial charge in [-0.2, -0.15) is 0 Å². The normalized spacial score (nSPS) is 12.7. The molecule has 0 bridgehead atoms. The molecule has 0 aliphatic heterocycles. The predicted octanol–water partition coefficient (Wildman–Crippen LogP) is 36.6. The molecule has 11 aromatic carbocycles. The van der Waals surface area contributed by atoms with E-state index in [9.17, 15) is 0 Å². The number of rotatable bonds is 4. The van der Waals surface area contributed by atoms with E-state index in [1.807, 2.05) is 0 Å². The van der Waals surface area contributed by atoms with Crippen molar-refractivity contribution in [3.8, 4) is 44.5 Å². The van der Waals surface area contributed by atoms with Crippen LogP contribution in [0.2, 0.25) is 0 Å². The Morgan fingerprint density at radius 2 is 0.254 bits per heavy atom. The Labute approximate surface area is 750 Å². The molecule has 0 N–H and O–H groups in total. The van der Waals surface area contributed by atoms with E-state index in [2.05, 4.69) is 558 Å². The molecule has 11 aromatic rings. The highest BCUT2D eigenvalue weighted by atomic mass is 14.3. The van der Waals surface area contributed by atoms with Crippen molar-refractivity contribution in [2.75, 3.05) is 0 Å². The van der Waals surface area contributed by atoms with E-state index in [1.165, 1.54) is 122 Å². The summed E-state index contributed by atoms with van der Waals surface area (Å²) >= 11 is 0. The summed E-state index contributed by atoms with van der Waals surface area (Å²) < 4.78 is 0. The van der Waals surface area contributed by atoms with E-state index in [0.717, 1.165) is 0 Å². The summed E-state index contributed by atoms with van der Waals surface area (Å²) in [7, 11) is 0. The maximum atomic E-state index is 2.37. The molecule has 658 valence electrons. The molecule has 11 rings (SSSR count). The van der Waals surface area contributed by atoms with Gasteiger partial charge in [0.1, 0.15) is 0 Å². The number of benzene rings is 11. The Morgan fingerprint density at radius 1 is 0.0984 bits per heavy atom. The zero-order valence-corrected chi connectivity index (χ0v) is 85.4. The lowest BCUT2D eigenvalue weighted by atomic mass is 9.75. The van der Waals surface area contributed by atoms with Crippen LogP contribution >= 0.6 is 0 Å². The number of hydrogen-bond donors (Lipinski definition) is 0. The van der Waals surface area contributed by atoms with Gasteiger partial charge in [-0.1, -0.05) is 558 Å². The average molecular weight is 1640 g/mol. The fourth-order valence-corrected chi connectivity index (χ4v) is 14.0. The van der Waals surface area contributed by atoms with Gasteiger partial charge in [0.05, 0.1) is 0 Å². The lowest BCUT2D eigenvalue weighted by Gasteiger charge is -2.29. The summed E-state index contributed by atoms with van der Waals surface area (Å²) in [6.07, 6.45) is 0. The largest absolute Gasteiger partial charge is 0.0622 e. The molecular formula is C122H170. The lowest BCUT2D eigenvalue weighted by Crippen LogP contribution is -2.21. The van der Waals surface area contributed by atoms with Crippen LogP contribution in [0, 0.1) is 0 Å². The second-order valence-corrected chi connectivity index (χ2v) is 48.8. The van der Waals surface area contributed by atoms with Crippen molar-refractivity contribution in [1.29, 1.82) is 0 Å². The quantitative estimate of drug-likeness (QED) is 0.165. The van der Waals surface area contributed by atoms with Gasteiger partial charge in [-0.25, -0.2) is 0 Å². The van der Waals surface area contributed by atoms with Crippen LogP contribution in [0.4, 0.5) is 0 Å².